The van der Waals surface area contributed by atoms with E-state index in [0.717, 1.165) is 53.6 Å². The Labute approximate surface area is 247 Å². The second-order valence-electron chi connectivity index (χ2n) is 12.1. The van der Waals surface area contributed by atoms with Gasteiger partial charge in [0.2, 0.25) is 5.91 Å². The number of hydrogen-bond acceptors (Lipinski definition) is 5. The Hall–Kier alpha value is -3.06. The van der Waals surface area contributed by atoms with Crippen molar-refractivity contribution < 1.29 is 24.1 Å². The average Bonchev–Trinajstić information content (AvgIpc) is 3.29. The van der Waals surface area contributed by atoms with E-state index in [9.17, 15) is 9.90 Å². The molecular weight excluding hydrogens is 538 g/mol. The van der Waals surface area contributed by atoms with Crippen molar-refractivity contribution >= 4 is 23.2 Å². The van der Waals surface area contributed by atoms with Gasteiger partial charge in [-0.3, -0.25) is 4.79 Å². The standard InChI is InChI=1S/C34H38ClNO5/c1-20(2)40-31-19-29-22(15-30(31)39-4)16-32(37)36(33(29)21-5-9-25(35)10-6-21)26-11-7-23(8-12-26)34(3,38)24-17-27-13-14-28(18-24)41-27/h5-12,15,19-20,24,27-28,33,38H,13-14,16-18H2,1-4H3/t24?,27-,28?,33?,34+/m0/s1. The third-order valence-electron chi connectivity index (χ3n) is 8.95. The summed E-state index contributed by atoms with van der Waals surface area (Å²) in [6.07, 6.45) is 4.60. The molecule has 3 aliphatic heterocycles. The minimum Gasteiger partial charge on any atom is -0.493 e. The maximum atomic E-state index is 13.8. The second kappa shape index (κ2) is 11.0. The SMILES string of the molecule is COc1cc2c(cc1OC(C)C)C(c1ccc(Cl)cc1)N(c1ccc([C@@](C)(O)C3CC4CC[C@@H](C3)O4)cc1)C(=O)C2. The van der Waals surface area contributed by atoms with Crippen molar-refractivity contribution in [2.45, 2.75) is 82.8 Å². The summed E-state index contributed by atoms with van der Waals surface area (Å²) in [6.45, 7) is 5.87. The van der Waals surface area contributed by atoms with Crippen LogP contribution in [0.4, 0.5) is 5.69 Å². The summed E-state index contributed by atoms with van der Waals surface area (Å²) in [7, 11) is 1.62. The molecule has 3 aromatic carbocycles. The topological polar surface area (TPSA) is 68.2 Å². The highest BCUT2D eigenvalue weighted by atomic mass is 35.5. The monoisotopic (exact) mass is 575 g/mol. The molecule has 6 nitrogen and oxygen atoms in total. The van der Waals surface area contributed by atoms with E-state index in [0.29, 0.717) is 16.5 Å². The van der Waals surface area contributed by atoms with E-state index in [1.807, 2.05) is 86.3 Å². The summed E-state index contributed by atoms with van der Waals surface area (Å²) in [4.78, 5) is 15.7. The molecule has 0 aliphatic carbocycles. The molecule has 0 spiro atoms. The number of hydrogen-bond donors (Lipinski definition) is 1. The molecule has 3 aromatic rings. The molecule has 5 atom stereocenters. The quantitative estimate of drug-likeness (QED) is 0.329. The van der Waals surface area contributed by atoms with E-state index in [-0.39, 0.29) is 42.6 Å². The average molecular weight is 576 g/mol. The van der Waals surface area contributed by atoms with Crippen molar-refractivity contribution in [2.75, 3.05) is 12.0 Å². The highest BCUT2D eigenvalue weighted by Crippen LogP contribution is 2.46. The van der Waals surface area contributed by atoms with Crippen molar-refractivity contribution in [1.29, 1.82) is 0 Å². The van der Waals surface area contributed by atoms with Gasteiger partial charge in [0.1, 0.15) is 0 Å². The van der Waals surface area contributed by atoms with Gasteiger partial charge in [-0.05, 0) is 111 Å². The Balaban J connectivity index is 1.39. The molecule has 1 amide bonds. The van der Waals surface area contributed by atoms with Crippen molar-refractivity contribution in [3.63, 3.8) is 0 Å². The number of amides is 1. The fraction of sp³-hybridized carbons (Fsp3) is 0.441. The zero-order valence-corrected chi connectivity index (χ0v) is 24.9. The number of anilines is 1. The van der Waals surface area contributed by atoms with Gasteiger partial charge in [0.05, 0.1) is 43.5 Å². The third kappa shape index (κ3) is 5.33. The van der Waals surface area contributed by atoms with Gasteiger partial charge in [-0.2, -0.15) is 0 Å². The lowest BCUT2D eigenvalue weighted by Crippen LogP contribution is -2.41. The number of ether oxygens (including phenoxy) is 3. The number of methoxy groups -OCH3 is 1. The molecule has 41 heavy (non-hydrogen) atoms. The normalized spacial score (nSPS) is 25.1. The van der Waals surface area contributed by atoms with Crippen LogP contribution in [0.1, 0.15) is 74.8 Å². The number of rotatable bonds is 7. The second-order valence-corrected chi connectivity index (χ2v) is 12.5. The third-order valence-corrected chi connectivity index (χ3v) is 9.20. The zero-order valence-electron chi connectivity index (χ0n) is 24.1. The first-order valence-corrected chi connectivity index (χ1v) is 14.9. The van der Waals surface area contributed by atoms with Crippen molar-refractivity contribution in [3.8, 4) is 11.5 Å². The van der Waals surface area contributed by atoms with Gasteiger partial charge in [0, 0.05) is 10.7 Å². The van der Waals surface area contributed by atoms with E-state index in [1.54, 1.807) is 7.11 Å². The Morgan fingerprint density at radius 3 is 2.27 bits per heavy atom. The number of carbonyl (C=O) groups excluding carboxylic acids is 1. The van der Waals surface area contributed by atoms with Crippen LogP contribution >= 0.6 is 11.6 Å². The Morgan fingerprint density at radius 1 is 1.00 bits per heavy atom. The Kier molecular flexibility index (Phi) is 7.52. The minimum atomic E-state index is -0.975. The summed E-state index contributed by atoms with van der Waals surface area (Å²) in [6, 6.07) is 19.0. The number of halogens is 1. The van der Waals surface area contributed by atoms with Crippen LogP contribution in [0.3, 0.4) is 0 Å². The van der Waals surface area contributed by atoms with Crippen molar-refractivity contribution in [1.82, 2.24) is 0 Å². The number of aliphatic hydroxyl groups is 1. The molecule has 2 saturated heterocycles. The predicted octanol–water partition coefficient (Wildman–Crippen LogP) is 6.98. The van der Waals surface area contributed by atoms with E-state index in [4.69, 9.17) is 25.8 Å². The van der Waals surface area contributed by atoms with Gasteiger partial charge in [-0.15, -0.1) is 0 Å². The molecule has 3 aliphatic rings. The largest absolute Gasteiger partial charge is 0.493 e. The molecule has 0 saturated carbocycles. The van der Waals surface area contributed by atoms with Gasteiger partial charge in [-0.1, -0.05) is 35.9 Å². The summed E-state index contributed by atoms with van der Waals surface area (Å²) in [5.74, 6) is 1.38. The van der Waals surface area contributed by atoms with E-state index >= 15 is 0 Å². The highest BCUT2D eigenvalue weighted by molar-refractivity contribution is 6.30. The number of nitrogens with zero attached hydrogens (tertiary/aromatic N) is 1. The Bertz CT molecular complexity index is 1410. The molecule has 3 unspecified atom stereocenters. The number of fused-ring (bicyclic) bond motifs is 3. The lowest BCUT2D eigenvalue weighted by Gasteiger charge is -2.40. The van der Waals surface area contributed by atoms with Crippen LogP contribution in [0.5, 0.6) is 11.5 Å². The van der Waals surface area contributed by atoms with Gasteiger partial charge in [-0.25, -0.2) is 0 Å². The van der Waals surface area contributed by atoms with Crippen LogP contribution < -0.4 is 14.4 Å². The molecule has 3 heterocycles. The lowest BCUT2D eigenvalue weighted by molar-refractivity contribution is -0.118. The lowest BCUT2D eigenvalue weighted by atomic mass is 9.76. The molecule has 0 aromatic heterocycles. The number of carbonyl (C=O) groups is 1. The highest BCUT2D eigenvalue weighted by Gasteiger charge is 2.44. The molecule has 7 heteroatoms. The van der Waals surface area contributed by atoms with Crippen LogP contribution in [-0.2, 0) is 21.6 Å². The molecule has 2 fully saturated rings. The van der Waals surface area contributed by atoms with Crippen LogP contribution in [0.15, 0.2) is 60.7 Å². The van der Waals surface area contributed by atoms with E-state index in [1.165, 1.54) is 0 Å². The fourth-order valence-corrected chi connectivity index (χ4v) is 6.97. The summed E-state index contributed by atoms with van der Waals surface area (Å²) < 4.78 is 17.8. The van der Waals surface area contributed by atoms with Crippen molar-refractivity contribution in [2.24, 2.45) is 5.92 Å². The maximum Gasteiger partial charge on any atom is 0.232 e. The predicted molar refractivity (Wildman–Crippen MR) is 160 cm³/mol. The van der Waals surface area contributed by atoms with Crippen molar-refractivity contribution in [3.05, 3.63) is 87.9 Å². The molecule has 1 N–H and O–H groups in total. The first kappa shape index (κ1) is 28.1. The summed E-state index contributed by atoms with van der Waals surface area (Å²) >= 11 is 6.25. The first-order chi connectivity index (χ1) is 19.6. The first-order valence-electron chi connectivity index (χ1n) is 14.6. The summed E-state index contributed by atoms with van der Waals surface area (Å²) in [5.41, 5.74) is 3.49. The fourth-order valence-electron chi connectivity index (χ4n) is 6.84. The van der Waals surface area contributed by atoms with Gasteiger partial charge >= 0.3 is 0 Å². The van der Waals surface area contributed by atoms with Gasteiger partial charge in [0.25, 0.3) is 0 Å². The zero-order chi connectivity index (χ0) is 28.9. The Morgan fingerprint density at radius 2 is 1.66 bits per heavy atom. The molecular formula is C34H38ClNO5. The van der Waals surface area contributed by atoms with Gasteiger partial charge in [0.15, 0.2) is 11.5 Å². The van der Waals surface area contributed by atoms with Gasteiger partial charge < -0.3 is 24.2 Å². The van der Waals surface area contributed by atoms with Crippen LogP contribution in [0.2, 0.25) is 5.02 Å². The van der Waals surface area contributed by atoms with Crippen LogP contribution in [0, 0.1) is 5.92 Å². The molecule has 6 rings (SSSR count). The smallest absolute Gasteiger partial charge is 0.232 e. The molecule has 2 bridgehead atoms. The van der Waals surface area contributed by atoms with E-state index in [2.05, 4.69) is 0 Å². The van der Waals surface area contributed by atoms with E-state index < -0.39 is 5.60 Å². The maximum absolute atomic E-state index is 13.8. The molecule has 0 radical (unpaired) electrons. The molecule has 216 valence electrons. The number of benzene rings is 3. The summed E-state index contributed by atoms with van der Waals surface area (Å²) in [5, 5.41) is 12.3. The minimum absolute atomic E-state index is 0.0162. The van der Waals surface area contributed by atoms with Crippen LogP contribution in [0.25, 0.3) is 0 Å². The van der Waals surface area contributed by atoms with Crippen LogP contribution in [-0.4, -0.2) is 36.4 Å².